The lowest BCUT2D eigenvalue weighted by molar-refractivity contribution is -0.138. The van der Waals surface area contributed by atoms with Gasteiger partial charge in [0.25, 0.3) is 0 Å². The van der Waals surface area contributed by atoms with Gasteiger partial charge in [-0.1, -0.05) is 26.8 Å². The number of pyridine rings is 1. The first-order chi connectivity index (χ1) is 18.9. The second-order valence-corrected chi connectivity index (χ2v) is 11.4. The van der Waals surface area contributed by atoms with E-state index in [0.29, 0.717) is 41.6 Å². The van der Waals surface area contributed by atoms with Crippen LogP contribution >= 0.6 is 0 Å². The normalized spacial score (nSPS) is 14.7. The highest BCUT2D eigenvalue weighted by atomic mass is 16.5. The van der Waals surface area contributed by atoms with Gasteiger partial charge in [0.1, 0.15) is 11.5 Å². The van der Waals surface area contributed by atoms with Crippen molar-refractivity contribution in [3.63, 3.8) is 0 Å². The molecule has 1 aromatic heterocycles. The highest BCUT2D eigenvalue weighted by molar-refractivity contribution is 6.04. The van der Waals surface area contributed by atoms with E-state index in [4.69, 9.17) is 30.1 Å². The molecule has 10 nitrogen and oxygen atoms in total. The predicted octanol–water partition coefficient (Wildman–Crippen LogP) is 4.77. The standard InChI is InChI=1S/C30H37N3O7/c1-30(2,3)21-14-20(15-24(39-12-4-6-25(35)36)28(21)40-13-5-7-26(37)38)23(34)17-33-16-19-10-11-22(18-8-9-18)32-27(19)29(33)31/h10-11,14-15,18,31H,4-9,12-13,16-17H2,1-3H3,(H,35,36)(H,37,38). The van der Waals surface area contributed by atoms with Gasteiger partial charge in [-0.25, -0.2) is 4.98 Å². The molecule has 1 aromatic carbocycles. The van der Waals surface area contributed by atoms with Crippen molar-refractivity contribution in [1.82, 2.24) is 9.88 Å². The number of hydrogen-bond acceptors (Lipinski definition) is 7. The molecule has 2 aliphatic rings. The average Bonchev–Trinajstić information content (AvgIpc) is 3.69. The Kier molecular flexibility index (Phi) is 8.76. The van der Waals surface area contributed by atoms with E-state index in [1.165, 1.54) is 0 Å². The van der Waals surface area contributed by atoms with Crippen molar-refractivity contribution < 1.29 is 34.1 Å². The summed E-state index contributed by atoms with van der Waals surface area (Å²) in [6, 6.07) is 7.40. The molecule has 1 aliphatic carbocycles. The molecule has 40 heavy (non-hydrogen) atoms. The molecule has 2 aromatic rings. The number of ketones is 1. The lowest BCUT2D eigenvalue weighted by Crippen LogP contribution is -2.30. The molecule has 0 amide bonds. The van der Waals surface area contributed by atoms with Gasteiger partial charge >= 0.3 is 11.9 Å². The number of rotatable bonds is 14. The summed E-state index contributed by atoms with van der Waals surface area (Å²) in [5.41, 5.74) is 3.25. The Morgan fingerprint density at radius 1 is 1.02 bits per heavy atom. The first-order valence-corrected chi connectivity index (χ1v) is 13.7. The molecule has 2 heterocycles. The highest BCUT2D eigenvalue weighted by Crippen LogP contribution is 2.41. The van der Waals surface area contributed by atoms with Gasteiger partial charge in [0.05, 0.1) is 19.8 Å². The fraction of sp³-hybridized carbons (Fsp3) is 0.500. The zero-order valence-corrected chi connectivity index (χ0v) is 23.3. The molecule has 0 unspecified atom stereocenters. The minimum Gasteiger partial charge on any atom is -0.490 e. The number of carboxylic acid groups (broad SMARTS) is 2. The third-order valence-electron chi connectivity index (χ3n) is 6.99. The number of aliphatic carboxylic acids is 2. The van der Waals surface area contributed by atoms with Crippen LogP contribution in [0, 0.1) is 5.41 Å². The number of carboxylic acids is 2. The van der Waals surface area contributed by atoms with Crippen LogP contribution in [-0.2, 0) is 21.5 Å². The second kappa shape index (κ2) is 12.1. The summed E-state index contributed by atoms with van der Waals surface area (Å²) in [5.74, 6) is -0.595. The monoisotopic (exact) mass is 551 g/mol. The molecular weight excluding hydrogens is 514 g/mol. The molecule has 1 fully saturated rings. The van der Waals surface area contributed by atoms with Crippen LogP contribution in [-0.4, -0.2) is 63.4 Å². The third kappa shape index (κ3) is 7.16. The third-order valence-corrected chi connectivity index (χ3v) is 6.99. The van der Waals surface area contributed by atoms with Crippen LogP contribution in [0.5, 0.6) is 11.5 Å². The fourth-order valence-electron chi connectivity index (χ4n) is 4.66. The smallest absolute Gasteiger partial charge is 0.303 e. The van der Waals surface area contributed by atoms with Gasteiger partial charge in [-0.05, 0) is 49.3 Å². The number of Topliss-reactive ketones (excluding diaryl/α,β-unsaturated/α-hetero) is 1. The molecule has 1 aliphatic heterocycles. The number of amidine groups is 1. The number of hydrogen-bond donors (Lipinski definition) is 3. The molecule has 0 atom stereocenters. The summed E-state index contributed by atoms with van der Waals surface area (Å²) in [4.78, 5) is 41.9. The molecule has 0 spiro atoms. The zero-order chi connectivity index (χ0) is 29.0. The van der Waals surface area contributed by atoms with E-state index >= 15 is 0 Å². The Labute approximate surface area is 233 Å². The van der Waals surface area contributed by atoms with Gasteiger partial charge < -0.3 is 24.6 Å². The van der Waals surface area contributed by atoms with Crippen LogP contribution < -0.4 is 9.47 Å². The second-order valence-electron chi connectivity index (χ2n) is 11.4. The molecular formula is C30H37N3O7. The van der Waals surface area contributed by atoms with Gasteiger partial charge in [-0.3, -0.25) is 19.8 Å². The summed E-state index contributed by atoms with van der Waals surface area (Å²) in [5, 5.41) is 26.6. The first kappa shape index (κ1) is 29.0. The van der Waals surface area contributed by atoms with Gasteiger partial charge in [-0.15, -0.1) is 0 Å². The van der Waals surface area contributed by atoms with E-state index in [0.717, 1.165) is 29.7 Å². The maximum Gasteiger partial charge on any atom is 0.303 e. The van der Waals surface area contributed by atoms with E-state index < -0.39 is 17.4 Å². The minimum atomic E-state index is -0.930. The van der Waals surface area contributed by atoms with E-state index in [2.05, 4.69) is 0 Å². The SMILES string of the molecule is CC(C)(C)c1cc(C(=O)CN2Cc3ccc(C4CC4)nc3C2=N)cc(OCCCC(=O)O)c1OCCCC(=O)O. The summed E-state index contributed by atoms with van der Waals surface area (Å²) < 4.78 is 12.0. The number of aromatic nitrogens is 1. The van der Waals surface area contributed by atoms with Crippen LogP contribution in [0.15, 0.2) is 24.3 Å². The number of carbonyl (C=O) groups is 3. The largest absolute Gasteiger partial charge is 0.490 e. The van der Waals surface area contributed by atoms with Gasteiger partial charge in [-0.2, -0.15) is 0 Å². The van der Waals surface area contributed by atoms with Gasteiger partial charge in [0.15, 0.2) is 17.3 Å². The van der Waals surface area contributed by atoms with Crippen molar-refractivity contribution >= 4 is 23.6 Å². The molecule has 4 rings (SSSR count). The number of carbonyl (C=O) groups excluding carboxylic acids is 1. The average molecular weight is 552 g/mol. The highest BCUT2D eigenvalue weighted by Gasteiger charge is 2.32. The van der Waals surface area contributed by atoms with Crippen LogP contribution in [0.2, 0.25) is 0 Å². The number of nitrogens with zero attached hydrogens (tertiary/aromatic N) is 2. The van der Waals surface area contributed by atoms with Crippen LogP contribution in [0.3, 0.4) is 0 Å². The summed E-state index contributed by atoms with van der Waals surface area (Å²) in [6.07, 6.45) is 2.71. The van der Waals surface area contributed by atoms with Crippen molar-refractivity contribution in [3.8, 4) is 11.5 Å². The van der Waals surface area contributed by atoms with Crippen LogP contribution in [0.4, 0.5) is 0 Å². The maximum atomic E-state index is 13.6. The van der Waals surface area contributed by atoms with Crippen LogP contribution in [0.1, 0.15) is 98.1 Å². The van der Waals surface area contributed by atoms with Crippen molar-refractivity contribution in [3.05, 3.63) is 52.3 Å². The topological polar surface area (TPSA) is 150 Å². The Morgan fingerprint density at radius 2 is 1.68 bits per heavy atom. The predicted molar refractivity (Wildman–Crippen MR) is 148 cm³/mol. The Bertz CT molecular complexity index is 1310. The molecule has 10 heteroatoms. The van der Waals surface area contributed by atoms with E-state index in [1.54, 1.807) is 17.0 Å². The lowest BCUT2D eigenvalue weighted by Gasteiger charge is -2.26. The number of ether oxygens (including phenoxy) is 2. The minimum absolute atomic E-state index is 0.00515. The van der Waals surface area contributed by atoms with Crippen LogP contribution in [0.25, 0.3) is 0 Å². The quantitative estimate of drug-likeness (QED) is 0.223. The number of benzene rings is 1. The molecule has 0 saturated heterocycles. The van der Waals surface area contributed by atoms with E-state index in [-0.39, 0.29) is 50.6 Å². The van der Waals surface area contributed by atoms with Gasteiger partial charge in [0.2, 0.25) is 0 Å². The van der Waals surface area contributed by atoms with E-state index in [1.807, 2.05) is 32.9 Å². The molecule has 3 N–H and O–H groups in total. The van der Waals surface area contributed by atoms with Gasteiger partial charge in [0, 0.05) is 47.7 Å². The number of fused-ring (bicyclic) bond motifs is 1. The van der Waals surface area contributed by atoms with E-state index in [9.17, 15) is 14.4 Å². The fourth-order valence-corrected chi connectivity index (χ4v) is 4.66. The van der Waals surface area contributed by atoms with Crippen molar-refractivity contribution in [2.24, 2.45) is 0 Å². The Hall–Kier alpha value is -3.95. The molecule has 0 bridgehead atoms. The Morgan fingerprint density at radius 3 is 2.27 bits per heavy atom. The Balaban J connectivity index is 1.57. The first-order valence-electron chi connectivity index (χ1n) is 13.7. The van der Waals surface area contributed by atoms with Crippen molar-refractivity contribution in [2.75, 3.05) is 19.8 Å². The molecule has 0 radical (unpaired) electrons. The van der Waals surface area contributed by atoms with Crippen molar-refractivity contribution in [1.29, 1.82) is 5.41 Å². The summed E-state index contributed by atoms with van der Waals surface area (Å²) >= 11 is 0. The van der Waals surface area contributed by atoms with Crippen molar-refractivity contribution in [2.45, 2.75) is 77.2 Å². The lowest BCUT2D eigenvalue weighted by atomic mass is 9.84. The molecule has 214 valence electrons. The summed E-state index contributed by atoms with van der Waals surface area (Å²) in [6.45, 7) is 6.62. The zero-order valence-electron chi connectivity index (χ0n) is 23.3. The number of nitrogens with one attached hydrogen (secondary N) is 1. The maximum absolute atomic E-state index is 13.6. The summed E-state index contributed by atoms with van der Waals surface area (Å²) in [7, 11) is 0. The molecule has 1 saturated carbocycles.